The third-order valence-electron chi connectivity index (χ3n) is 4.80. The molecule has 126 valence electrons. The van der Waals surface area contributed by atoms with E-state index in [0.29, 0.717) is 18.0 Å². The van der Waals surface area contributed by atoms with Gasteiger partial charge < -0.3 is 15.0 Å². The molecule has 0 bridgehead atoms. The van der Waals surface area contributed by atoms with E-state index in [2.05, 4.69) is 56.9 Å². The minimum absolute atomic E-state index is 0.631. The average molecular weight is 300 g/mol. The molecule has 1 aliphatic heterocycles. The second-order valence-electron chi connectivity index (χ2n) is 7.12. The van der Waals surface area contributed by atoms with Crippen molar-refractivity contribution in [2.45, 2.75) is 46.2 Å². The van der Waals surface area contributed by atoms with Crippen LogP contribution in [0.1, 0.15) is 34.1 Å². The van der Waals surface area contributed by atoms with E-state index >= 15 is 0 Å². The first-order valence-electron chi connectivity index (χ1n) is 8.65. The Morgan fingerprint density at radius 3 is 2.52 bits per heavy atom. The van der Waals surface area contributed by atoms with Crippen molar-refractivity contribution in [1.29, 1.82) is 0 Å². The van der Waals surface area contributed by atoms with E-state index in [0.717, 1.165) is 45.3 Å². The maximum atomic E-state index is 5.79. The number of nitrogens with one attached hydrogen (secondary N) is 1. The summed E-state index contributed by atoms with van der Waals surface area (Å²) in [5, 5.41) is 3.76. The van der Waals surface area contributed by atoms with Crippen LogP contribution in [0, 0.1) is 11.8 Å². The van der Waals surface area contributed by atoms with Gasteiger partial charge in [0.2, 0.25) is 0 Å². The van der Waals surface area contributed by atoms with E-state index in [4.69, 9.17) is 4.74 Å². The topological polar surface area (TPSA) is 27.7 Å². The van der Waals surface area contributed by atoms with Gasteiger partial charge in [-0.1, -0.05) is 34.1 Å². The van der Waals surface area contributed by atoms with Crippen molar-refractivity contribution in [2.75, 3.05) is 53.5 Å². The zero-order valence-electron chi connectivity index (χ0n) is 15.1. The largest absolute Gasteiger partial charge is 0.379 e. The fraction of sp³-hybridized carbons (Fsp3) is 1.00. The van der Waals surface area contributed by atoms with Gasteiger partial charge in [-0.2, -0.15) is 0 Å². The predicted octanol–water partition coefficient (Wildman–Crippen LogP) is 1.91. The second-order valence-corrected chi connectivity index (χ2v) is 7.12. The summed E-state index contributed by atoms with van der Waals surface area (Å²) in [6.07, 6.45) is 1.25. The van der Waals surface area contributed by atoms with E-state index in [9.17, 15) is 0 Å². The van der Waals surface area contributed by atoms with Crippen LogP contribution in [0.25, 0.3) is 0 Å². The van der Waals surface area contributed by atoms with E-state index in [-0.39, 0.29) is 0 Å². The van der Waals surface area contributed by atoms with Crippen molar-refractivity contribution in [3.63, 3.8) is 0 Å². The van der Waals surface area contributed by atoms with E-state index in [1.165, 1.54) is 6.42 Å². The van der Waals surface area contributed by atoms with Crippen molar-refractivity contribution in [2.24, 2.45) is 11.8 Å². The Labute approximate surface area is 132 Å². The molecule has 4 nitrogen and oxygen atoms in total. The van der Waals surface area contributed by atoms with Crippen LogP contribution in [-0.4, -0.2) is 75.4 Å². The number of hydrogen-bond donors (Lipinski definition) is 1. The number of likely N-dealkylation sites (N-methyl/N-ethyl adjacent to an activating group) is 1. The summed E-state index contributed by atoms with van der Waals surface area (Å²) in [6.45, 7) is 15.3. The SMILES string of the molecule is CCC(C)C1CN(CCOCCN(C)C)C(C(C)C)CN1. The lowest BCUT2D eigenvalue weighted by atomic mass is 9.92. The smallest absolute Gasteiger partial charge is 0.0594 e. The Kier molecular flexibility index (Phi) is 8.79. The van der Waals surface area contributed by atoms with Crippen molar-refractivity contribution >= 4 is 0 Å². The molecule has 4 heteroatoms. The fourth-order valence-electron chi connectivity index (χ4n) is 2.96. The summed E-state index contributed by atoms with van der Waals surface area (Å²) in [4.78, 5) is 4.81. The molecule has 0 aromatic rings. The highest BCUT2D eigenvalue weighted by atomic mass is 16.5. The minimum Gasteiger partial charge on any atom is -0.379 e. The minimum atomic E-state index is 0.631. The van der Waals surface area contributed by atoms with Crippen LogP contribution in [0.4, 0.5) is 0 Å². The van der Waals surface area contributed by atoms with Crippen molar-refractivity contribution in [3.8, 4) is 0 Å². The number of hydrogen-bond acceptors (Lipinski definition) is 4. The zero-order chi connectivity index (χ0) is 15.8. The molecule has 0 amide bonds. The Bertz CT molecular complexity index is 271. The van der Waals surface area contributed by atoms with E-state index in [1.54, 1.807) is 0 Å². The normalized spacial score (nSPS) is 25.7. The summed E-state index contributed by atoms with van der Waals surface area (Å²) >= 11 is 0. The van der Waals surface area contributed by atoms with Crippen LogP contribution in [0.15, 0.2) is 0 Å². The maximum Gasteiger partial charge on any atom is 0.0594 e. The number of rotatable bonds is 9. The van der Waals surface area contributed by atoms with E-state index in [1.807, 2.05) is 0 Å². The Morgan fingerprint density at radius 2 is 1.95 bits per heavy atom. The monoisotopic (exact) mass is 299 g/mol. The molecule has 3 unspecified atom stereocenters. The van der Waals surface area contributed by atoms with Crippen LogP contribution >= 0.6 is 0 Å². The molecule has 21 heavy (non-hydrogen) atoms. The second kappa shape index (κ2) is 9.78. The molecular weight excluding hydrogens is 262 g/mol. The fourth-order valence-corrected chi connectivity index (χ4v) is 2.96. The number of nitrogens with zero attached hydrogens (tertiary/aromatic N) is 2. The predicted molar refractivity (Wildman–Crippen MR) is 90.8 cm³/mol. The molecule has 3 atom stereocenters. The van der Waals surface area contributed by atoms with Gasteiger partial charge in [0.15, 0.2) is 0 Å². The third kappa shape index (κ3) is 6.64. The Hall–Kier alpha value is -0.160. The Balaban J connectivity index is 2.40. The molecule has 0 aliphatic carbocycles. The molecule has 0 aromatic heterocycles. The highest BCUT2D eigenvalue weighted by Gasteiger charge is 2.31. The summed E-state index contributed by atoms with van der Waals surface area (Å²) in [5.74, 6) is 1.44. The average Bonchev–Trinajstić information content (AvgIpc) is 2.45. The van der Waals surface area contributed by atoms with Gasteiger partial charge in [0, 0.05) is 38.3 Å². The van der Waals surface area contributed by atoms with Gasteiger partial charge in [0.25, 0.3) is 0 Å². The molecule has 1 N–H and O–H groups in total. The van der Waals surface area contributed by atoms with Gasteiger partial charge in [-0.3, -0.25) is 4.90 Å². The van der Waals surface area contributed by atoms with Crippen LogP contribution < -0.4 is 5.32 Å². The lowest BCUT2D eigenvalue weighted by Gasteiger charge is -2.44. The molecular formula is C17H37N3O. The van der Waals surface area contributed by atoms with E-state index < -0.39 is 0 Å². The van der Waals surface area contributed by atoms with Gasteiger partial charge in [0.1, 0.15) is 0 Å². The lowest BCUT2D eigenvalue weighted by molar-refractivity contribution is 0.0388. The lowest BCUT2D eigenvalue weighted by Crippen LogP contribution is -2.60. The van der Waals surface area contributed by atoms with Crippen LogP contribution in [0.2, 0.25) is 0 Å². The quantitative estimate of drug-likeness (QED) is 0.658. The number of ether oxygens (including phenoxy) is 1. The molecule has 0 saturated carbocycles. The standard InChI is InChI=1S/C17H37N3O/c1-7-15(4)16-13-20(17(12-18-16)14(2)3)9-11-21-10-8-19(5)6/h14-18H,7-13H2,1-6H3. The van der Waals surface area contributed by atoms with Crippen LogP contribution in [0.3, 0.4) is 0 Å². The Morgan fingerprint density at radius 1 is 1.24 bits per heavy atom. The van der Waals surface area contributed by atoms with Crippen molar-refractivity contribution < 1.29 is 4.74 Å². The molecule has 0 spiro atoms. The van der Waals surface area contributed by atoms with Gasteiger partial charge >= 0.3 is 0 Å². The van der Waals surface area contributed by atoms with Gasteiger partial charge in [-0.25, -0.2) is 0 Å². The highest BCUT2D eigenvalue weighted by molar-refractivity contribution is 4.89. The highest BCUT2D eigenvalue weighted by Crippen LogP contribution is 2.19. The summed E-state index contributed by atoms with van der Waals surface area (Å²) in [5.41, 5.74) is 0. The van der Waals surface area contributed by atoms with Crippen molar-refractivity contribution in [3.05, 3.63) is 0 Å². The van der Waals surface area contributed by atoms with Crippen LogP contribution in [-0.2, 0) is 4.74 Å². The molecule has 0 aromatic carbocycles. The van der Waals surface area contributed by atoms with Crippen LogP contribution in [0.5, 0.6) is 0 Å². The van der Waals surface area contributed by atoms with Gasteiger partial charge in [-0.15, -0.1) is 0 Å². The summed E-state index contributed by atoms with van der Waals surface area (Å²) < 4.78 is 5.79. The first-order chi connectivity index (χ1) is 9.95. The zero-order valence-corrected chi connectivity index (χ0v) is 15.1. The molecule has 1 heterocycles. The number of piperazine rings is 1. The molecule has 1 saturated heterocycles. The third-order valence-corrected chi connectivity index (χ3v) is 4.80. The maximum absolute atomic E-state index is 5.79. The van der Waals surface area contributed by atoms with Crippen molar-refractivity contribution in [1.82, 2.24) is 15.1 Å². The molecule has 1 rings (SSSR count). The van der Waals surface area contributed by atoms with Gasteiger partial charge in [-0.05, 0) is 25.9 Å². The first kappa shape index (κ1) is 18.9. The molecule has 1 aliphatic rings. The summed E-state index contributed by atoms with van der Waals surface area (Å²) in [6, 6.07) is 1.27. The first-order valence-corrected chi connectivity index (χ1v) is 8.65. The molecule has 0 radical (unpaired) electrons. The molecule has 1 fully saturated rings. The summed E-state index contributed by atoms with van der Waals surface area (Å²) in [7, 11) is 4.18. The van der Waals surface area contributed by atoms with Gasteiger partial charge in [0.05, 0.1) is 13.2 Å².